The second-order valence-corrected chi connectivity index (χ2v) is 8.06. The van der Waals surface area contributed by atoms with E-state index in [4.69, 9.17) is 4.98 Å². The Balaban J connectivity index is 1.52. The maximum absolute atomic E-state index is 12.9. The number of rotatable bonds is 2. The van der Waals surface area contributed by atoms with Crippen molar-refractivity contribution in [2.75, 3.05) is 18.4 Å². The van der Waals surface area contributed by atoms with Gasteiger partial charge in [0.1, 0.15) is 5.82 Å². The third-order valence-corrected chi connectivity index (χ3v) is 5.92. The van der Waals surface area contributed by atoms with E-state index >= 15 is 0 Å². The number of imidazole rings is 1. The molecule has 1 fully saturated rings. The summed E-state index contributed by atoms with van der Waals surface area (Å²) in [6.45, 7) is 9.76. The SMILES string of the molecule is Cc1cc2nc([C@@H]3CCCN(C(=O)Nc4c(C)cccc4C)C3)[nH]c2cc1C. The fraction of sp³-hybridized carbons (Fsp3) is 0.391. The summed E-state index contributed by atoms with van der Waals surface area (Å²) in [4.78, 5) is 23.1. The van der Waals surface area contributed by atoms with Crippen molar-refractivity contribution in [1.29, 1.82) is 0 Å². The Morgan fingerprint density at radius 1 is 1.11 bits per heavy atom. The molecular weight excluding hydrogens is 348 g/mol. The molecule has 3 aromatic rings. The van der Waals surface area contributed by atoms with Crippen LogP contribution in [0.1, 0.15) is 46.8 Å². The molecular formula is C23H28N4O. The highest BCUT2D eigenvalue weighted by molar-refractivity contribution is 5.91. The van der Waals surface area contributed by atoms with Crippen LogP contribution in [0.2, 0.25) is 0 Å². The molecule has 4 rings (SSSR count). The molecule has 0 spiro atoms. The predicted molar refractivity (Wildman–Crippen MR) is 114 cm³/mol. The quantitative estimate of drug-likeness (QED) is 0.645. The number of aromatic amines is 1. The summed E-state index contributed by atoms with van der Waals surface area (Å²) < 4.78 is 0. The summed E-state index contributed by atoms with van der Waals surface area (Å²) >= 11 is 0. The van der Waals surface area contributed by atoms with Crippen molar-refractivity contribution in [2.24, 2.45) is 0 Å². The molecule has 2 heterocycles. The van der Waals surface area contributed by atoms with Gasteiger partial charge in [0.25, 0.3) is 0 Å². The zero-order chi connectivity index (χ0) is 19.8. The lowest BCUT2D eigenvalue weighted by molar-refractivity contribution is 0.191. The van der Waals surface area contributed by atoms with E-state index in [1.165, 1.54) is 11.1 Å². The summed E-state index contributed by atoms with van der Waals surface area (Å²) in [5, 5.41) is 3.12. The first-order valence-corrected chi connectivity index (χ1v) is 10.0. The van der Waals surface area contributed by atoms with Crippen LogP contribution in [-0.4, -0.2) is 34.0 Å². The first-order valence-electron chi connectivity index (χ1n) is 10.0. The molecule has 2 N–H and O–H groups in total. The van der Waals surface area contributed by atoms with Crippen molar-refractivity contribution < 1.29 is 4.79 Å². The second-order valence-electron chi connectivity index (χ2n) is 8.06. The zero-order valence-corrected chi connectivity index (χ0v) is 17.1. The van der Waals surface area contributed by atoms with Crippen LogP contribution in [0.3, 0.4) is 0 Å². The Morgan fingerprint density at radius 2 is 1.82 bits per heavy atom. The van der Waals surface area contributed by atoms with Gasteiger partial charge in [0, 0.05) is 24.7 Å². The zero-order valence-electron chi connectivity index (χ0n) is 17.1. The summed E-state index contributed by atoms with van der Waals surface area (Å²) in [6, 6.07) is 10.3. The maximum Gasteiger partial charge on any atom is 0.321 e. The summed E-state index contributed by atoms with van der Waals surface area (Å²) in [7, 11) is 0. The number of hydrogen-bond donors (Lipinski definition) is 2. The highest BCUT2D eigenvalue weighted by Crippen LogP contribution is 2.28. The molecule has 0 aliphatic carbocycles. The Morgan fingerprint density at radius 3 is 2.57 bits per heavy atom. The predicted octanol–water partition coefficient (Wildman–Crippen LogP) is 5.21. The van der Waals surface area contributed by atoms with Crippen LogP contribution in [0.25, 0.3) is 11.0 Å². The van der Waals surface area contributed by atoms with Gasteiger partial charge in [0.05, 0.1) is 11.0 Å². The number of aromatic nitrogens is 2. The van der Waals surface area contributed by atoms with Gasteiger partial charge in [0.15, 0.2) is 0 Å². The molecule has 0 unspecified atom stereocenters. The molecule has 1 aliphatic heterocycles. The highest BCUT2D eigenvalue weighted by Gasteiger charge is 2.27. The van der Waals surface area contributed by atoms with Gasteiger partial charge < -0.3 is 15.2 Å². The molecule has 1 aliphatic rings. The van der Waals surface area contributed by atoms with Gasteiger partial charge in [0.2, 0.25) is 0 Å². The number of carbonyl (C=O) groups is 1. The summed E-state index contributed by atoms with van der Waals surface area (Å²) in [6.07, 6.45) is 2.03. The number of hydrogen-bond acceptors (Lipinski definition) is 2. The third kappa shape index (κ3) is 3.49. The van der Waals surface area contributed by atoms with E-state index < -0.39 is 0 Å². The Hall–Kier alpha value is -2.82. The van der Waals surface area contributed by atoms with Gasteiger partial charge in [-0.15, -0.1) is 0 Å². The second kappa shape index (κ2) is 7.30. The maximum atomic E-state index is 12.9. The van der Waals surface area contributed by atoms with Crippen LogP contribution in [0.4, 0.5) is 10.5 Å². The molecule has 1 aromatic heterocycles. The van der Waals surface area contributed by atoms with E-state index in [1.54, 1.807) is 0 Å². The lowest BCUT2D eigenvalue weighted by Crippen LogP contribution is -2.42. The highest BCUT2D eigenvalue weighted by atomic mass is 16.2. The molecule has 2 amide bonds. The van der Waals surface area contributed by atoms with E-state index in [0.29, 0.717) is 6.54 Å². The normalized spacial score (nSPS) is 17.1. The number of amides is 2. The number of urea groups is 1. The van der Waals surface area contributed by atoms with Crippen LogP contribution in [-0.2, 0) is 0 Å². The average molecular weight is 377 g/mol. The molecule has 28 heavy (non-hydrogen) atoms. The molecule has 2 aromatic carbocycles. The van der Waals surface area contributed by atoms with Gasteiger partial charge in [-0.1, -0.05) is 18.2 Å². The van der Waals surface area contributed by atoms with Gasteiger partial charge in [-0.2, -0.15) is 0 Å². The first kappa shape index (κ1) is 18.5. The van der Waals surface area contributed by atoms with E-state index in [9.17, 15) is 4.79 Å². The molecule has 146 valence electrons. The number of H-pyrrole nitrogens is 1. The Bertz CT molecular complexity index is 977. The van der Waals surface area contributed by atoms with Crippen LogP contribution < -0.4 is 5.32 Å². The standard InChI is InChI=1S/C23H28N4O/c1-14-7-5-8-15(2)21(14)26-23(28)27-10-6-9-18(13-27)22-24-19-11-16(3)17(4)12-20(19)25-22/h5,7-8,11-12,18H,6,9-10,13H2,1-4H3,(H,24,25)(H,26,28)/t18-/m1/s1. The van der Waals surface area contributed by atoms with E-state index in [-0.39, 0.29) is 11.9 Å². The lowest BCUT2D eigenvalue weighted by atomic mass is 9.97. The summed E-state index contributed by atoms with van der Waals surface area (Å²) in [5.74, 6) is 1.23. The Kier molecular flexibility index (Phi) is 4.84. The van der Waals surface area contributed by atoms with Crippen molar-refractivity contribution in [3.8, 4) is 0 Å². The Labute approximate surface area is 166 Å². The smallest absolute Gasteiger partial charge is 0.321 e. The largest absolute Gasteiger partial charge is 0.342 e. The van der Waals surface area contributed by atoms with Crippen molar-refractivity contribution in [3.63, 3.8) is 0 Å². The number of nitrogens with one attached hydrogen (secondary N) is 2. The lowest BCUT2D eigenvalue weighted by Gasteiger charge is -2.32. The molecule has 5 nitrogen and oxygen atoms in total. The molecule has 0 bridgehead atoms. The topological polar surface area (TPSA) is 61.0 Å². The minimum atomic E-state index is -0.0232. The number of benzene rings is 2. The van der Waals surface area contributed by atoms with Crippen LogP contribution in [0.5, 0.6) is 0 Å². The van der Waals surface area contributed by atoms with Crippen LogP contribution in [0, 0.1) is 27.7 Å². The number of aryl methyl sites for hydroxylation is 4. The van der Waals surface area contributed by atoms with Crippen molar-refractivity contribution in [1.82, 2.24) is 14.9 Å². The minimum absolute atomic E-state index is 0.0232. The summed E-state index contributed by atoms with van der Waals surface area (Å²) in [5.41, 5.74) is 7.70. The number of nitrogens with zero attached hydrogens (tertiary/aromatic N) is 2. The fourth-order valence-electron chi connectivity index (χ4n) is 4.07. The number of anilines is 1. The molecule has 1 atom stereocenters. The number of fused-ring (bicyclic) bond motifs is 1. The fourth-order valence-corrected chi connectivity index (χ4v) is 4.07. The van der Waals surface area contributed by atoms with Gasteiger partial charge in [-0.3, -0.25) is 0 Å². The number of para-hydroxylation sites is 1. The van der Waals surface area contributed by atoms with Crippen molar-refractivity contribution in [2.45, 2.75) is 46.5 Å². The number of piperidine rings is 1. The van der Waals surface area contributed by atoms with Gasteiger partial charge in [-0.05, 0) is 74.9 Å². The number of likely N-dealkylation sites (tertiary alicyclic amines) is 1. The number of carbonyl (C=O) groups excluding carboxylic acids is 1. The molecule has 0 radical (unpaired) electrons. The van der Waals surface area contributed by atoms with Crippen LogP contribution in [0.15, 0.2) is 30.3 Å². The average Bonchev–Trinajstić information content (AvgIpc) is 3.08. The van der Waals surface area contributed by atoms with Crippen LogP contribution >= 0.6 is 0 Å². The van der Waals surface area contributed by atoms with E-state index in [1.807, 2.05) is 36.9 Å². The van der Waals surface area contributed by atoms with E-state index in [2.05, 4.69) is 36.3 Å². The minimum Gasteiger partial charge on any atom is -0.342 e. The van der Waals surface area contributed by atoms with Gasteiger partial charge >= 0.3 is 6.03 Å². The molecule has 0 saturated carbocycles. The third-order valence-electron chi connectivity index (χ3n) is 5.92. The first-order chi connectivity index (χ1) is 13.4. The van der Waals surface area contributed by atoms with Crippen molar-refractivity contribution >= 4 is 22.8 Å². The monoisotopic (exact) mass is 376 g/mol. The molecule has 5 heteroatoms. The van der Waals surface area contributed by atoms with Gasteiger partial charge in [-0.25, -0.2) is 9.78 Å². The van der Waals surface area contributed by atoms with E-state index in [0.717, 1.165) is 53.1 Å². The van der Waals surface area contributed by atoms with Crippen molar-refractivity contribution in [3.05, 3.63) is 58.4 Å². The molecule has 1 saturated heterocycles.